The predicted molar refractivity (Wildman–Crippen MR) is 78.9 cm³/mol. The van der Waals surface area contributed by atoms with Crippen molar-refractivity contribution in [2.24, 2.45) is 17.8 Å². The molecule has 0 bridgehead atoms. The number of rotatable bonds is 6. The maximum absolute atomic E-state index is 12.3. The summed E-state index contributed by atoms with van der Waals surface area (Å²) in [5.41, 5.74) is 0. The van der Waals surface area contributed by atoms with Crippen molar-refractivity contribution < 1.29 is 4.79 Å². The van der Waals surface area contributed by atoms with E-state index in [0.717, 1.165) is 31.5 Å². The quantitative estimate of drug-likeness (QED) is 0.801. The van der Waals surface area contributed by atoms with Crippen molar-refractivity contribution in [2.75, 3.05) is 19.6 Å². The molecule has 110 valence electrons. The number of carbonyl (C=O) groups excluding carboxylic acids is 1. The maximum atomic E-state index is 12.3. The molecule has 2 aliphatic rings. The third kappa shape index (κ3) is 4.48. The molecular weight excluding hydrogens is 236 g/mol. The summed E-state index contributed by atoms with van der Waals surface area (Å²) in [6.07, 6.45) is 6.61. The lowest BCUT2D eigenvalue weighted by Gasteiger charge is -2.39. The summed E-state index contributed by atoms with van der Waals surface area (Å²) >= 11 is 0. The van der Waals surface area contributed by atoms with Crippen LogP contribution in [0.15, 0.2) is 0 Å². The number of hydrogen-bond donors (Lipinski definition) is 1. The summed E-state index contributed by atoms with van der Waals surface area (Å²) in [7, 11) is 0. The van der Waals surface area contributed by atoms with Crippen LogP contribution in [0.5, 0.6) is 0 Å². The van der Waals surface area contributed by atoms with Gasteiger partial charge in [-0.25, -0.2) is 0 Å². The Kier molecular flexibility index (Phi) is 5.26. The largest absolute Gasteiger partial charge is 0.341 e. The molecule has 2 unspecified atom stereocenters. The molecule has 1 aliphatic heterocycles. The Balaban J connectivity index is 1.91. The normalized spacial score (nSPS) is 27.9. The Hall–Kier alpha value is -0.570. The first-order chi connectivity index (χ1) is 9.10. The molecule has 1 aliphatic carbocycles. The Labute approximate surface area is 118 Å². The summed E-state index contributed by atoms with van der Waals surface area (Å²) in [5.74, 6) is 2.15. The van der Waals surface area contributed by atoms with E-state index in [1.165, 1.54) is 32.1 Å². The number of carbonyl (C=O) groups is 1. The lowest BCUT2D eigenvalue weighted by molar-refractivity contribution is -0.137. The number of amides is 1. The van der Waals surface area contributed by atoms with Gasteiger partial charge >= 0.3 is 0 Å². The van der Waals surface area contributed by atoms with E-state index in [2.05, 4.69) is 17.1 Å². The Bertz CT molecular complexity index is 299. The topological polar surface area (TPSA) is 32.3 Å². The zero-order valence-corrected chi connectivity index (χ0v) is 12.8. The highest BCUT2D eigenvalue weighted by molar-refractivity contribution is 5.78. The maximum Gasteiger partial charge on any atom is 0.225 e. The highest BCUT2D eigenvalue weighted by atomic mass is 16.2. The monoisotopic (exact) mass is 266 g/mol. The van der Waals surface area contributed by atoms with Gasteiger partial charge in [0.1, 0.15) is 0 Å². The van der Waals surface area contributed by atoms with E-state index in [-0.39, 0.29) is 5.92 Å². The molecule has 19 heavy (non-hydrogen) atoms. The zero-order chi connectivity index (χ0) is 13.8. The van der Waals surface area contributed by atoms with Crippen LogP contribution in [0.4, 0.5) is 0 Å². The molecule has 1 N–H and O–H groups in total. The molecule has 3 nitrogen and oxygen atoms in total. The first-order valence-corrected chi connectivity index (χ1v) is 8.12. The van der Waals surface area contributed by atoms with E-state index in [9.17, 15) is 4.79 Å². The lowest BCUT2D eigenvalue weighted by Crippen LogP contribution is -2.52. The van der Waals surface area contributed by atoms with Gasteiger partial charge in [0.2, 0.25) is 5.91 Å². The highest BCUT2D eigenvalue weighted by Gasteiger charge is 2.34. The number of likely N-dealkylation sites (tertiary alicyclic amines) is 1. The highest BCUT2D eigenvalue weighted by Crippen LogP contribution is 2.37. The summed E-state index contributed by atoms with van der Waals surface area (Å²) < 4.78 is 0. The van der Waals surface area contributed by atoms with Crippen molar-refractivity contribution >= 4 is 5.91 Å². The minimum absolute atomic E-state index is 0.131. The van der Waals surface area contributed by atoms with E-state index in [4.69, 9.17) is 0 Å². The lowest BCUT2D eigenvalue weighted by atomic mass is 9.89. The summed E-state index contributed by atoms with van der Waals surface area (Å²) in [4.78, 5) is 14.4. The molecule has 2 atom stereocenters. The molecule has 0 radical (unpaired) electrons. The first kappa shape index (κ1) is 14.8. The van der Waals surface area contributed by atoms with Crippen LogP contribution in [0.2, 0.25) is 0 Å². The van der Waals surface area contributed by atoms with Crippen LogP contribution in [0.3, 0.4) is 0 Å². The van der Waals surface area contributed by atoms with E-state index >= 15 is 0 Å². The molecule has 2 fully saturated rings. The van der Waals surface area contributed by atoms with E-state index < -0.39 is 0 Å². The summed E-state index contributed by atoms with van der Waals surface area (Å²) in [6.45, 7) is 9.22. The minimum atomic E-state index is 0.131. The van der Waals surface area contributed by atoms with Crippen LogP contribution >= 0.6 is 0 Å². The van der Waals surface area contributed by atoms with E-state index in [1.807, 2.05) is 13.8 Å². The van der Waals surface area contributed by atoms with Crippen LogP contribution < -0.4 is 5.32 Å². The Morgan fingerprint density at radius 1 is 1.26 bits per heavy atom. The molecule has 0 aromatic heterocycles. The third-order valence-electron chi connectivity index (χ3n) is 4.39. The molecule has 1 saturated carbocycles. The van der Waals surface area contributed by atoms with Gasteiger partial charge in [-0.1, -0.05) is 33.6 Å². The number of piperidine rings is 1. The number of hydrogen-bond acceptors (Lipinski definition) is 2. The third-order valence-corrected chi connectivity index (χ3v) is 4.39. The molecule has 0 aromatic carbocycles. The fraction of sp³-hybridized carbons (Fsp3) is 0.938. The second-order valence-electron chi connectivity index (χ2n) is 6.83. The fourth-order valence-electron chi connectivity index (χ4n) is 3.24. The first-order valence-electron chi connectivity index (χ1n) is 8.12. The second-order valence-corrected chi connectivity index (χ2v) is 6.83. The SMILES string of the molecule is CCCNC1CC(CC2CC2)CN(C(=O)C(C)C)C1. The van der Waals surface area contributed by atoms with Crippen molar-refractivity contribution in [1.82, 2.24) is 10.2 Å². The van der Waals surface area contributed by atoms with E-state index in [1.54, 1.807) is 0 Å². The minimum Gasteiger partial charge on any atom is -0.341 e. The molecule has 0 spiro atoms. The van der Waals surface area contributed by atoms with Gasteiger partial charge < -0.3 is 10.2 Å². The van der Waals surface area contributed by atoms with Crippen molar-refractivity contribution in [3.05, 3.63) is 0 Å². The smallest absolute Gasteiger partial charge is 0.225 e. The van der Waals surface area contributed by atoms with Crippen molar-refractivity contribution in [3.8, 4) is 0 Å². The van der Waals surface area contributed by atoms with Crippen LogP contribution in [0, 0.1) is 17.8 Å². The van der Waals surface area contributed by atoms with Gasteiger partial charge in [0.25, 0.3) is 0 Å². The number of nitrogens with zero attached hydrogens (tertiary/aromatic N) is 1. The van der Waals surface area contributed by atoms with Gasteiger partial charge in [-0.2, -0.15) is 0 Å². The zero-order valence-electron chi connectivity index (χ0n) is 12.8. The van der Waals surface area contributed by atoms with Crippen molar-refractivity contribution in [2.45, 2.75) is 58.9 Å². The van der Waals surface area contributed by atoms with Gasteiger partial charge in [0, 0.05) is 25.0 Å². The fourth-order valence-corrected chi connectivity index (χ4v) is 3.24. The Morgan fingerprint density at radius 3 is 2.58 bits per heavy atom. The van der Waals surface area contributed by atoms with Crippen LogP contribution in [0.25, 0.3) is 0 Å². The van der Waals surface area contributed by atoms with Gasteiger partial charge in [-0.3, -0.25) is 4.79 Å². The standard InChI is InChI=1S/C16H30N2O/c1-4-7-17-15-9-14(8-13-5-6-13)10-18(11-15)16(19)12(2)3/h12-15,17H,4-11H2,1-3H3. The Morgan fingerprint density at radius 2 is 2.00 bits per heavy atom. The van der Waals surface area contributed by atoms with Crippen LogP contribution in [-0.4, -0.2) is 36.5 Å². The summed E-state index contributed by atoms with van der Waals surface area (Å²) in [5, 5.41) is 3.62. The van der Waals surface area contributed by atoms with Crippen molar-refractivity contribution in [3.63, 3.8) is 0 Å². The van der Waals surface area contributed by atoms with Crippen LogP contribution in [0.1, 0.15) is 52.9 Å². The van der Waals surface area contributed by atoms with Crippen molar-refractivity contribution in [1.29, 1.82) is 0 Å². The average molecular weight is 266 g/mol. The second kappa shape index (κ2) is 6.74. The van der Waals surface area contributed by atoms with Gasteiger partial charge in [0.15, 0.2) is 0 Å². The molecule has 3 heteroatoms. The molecule has 1 saturated heterocycles. The van der Waals surface area contributed by atoms with Gasteiger partial charge in [-0.05, 0) is 37.6 Å². The average Bonchev–Trinajstić information content (AvgIpc) is 3.19. The number of nitrogens with one attached hydrogen (secondary N) is 1. The van der Waals surface area contributed by atoms with Crippen LogP contribution in [-0.2, 0) is 4.79 Å². The molecular formula is C16H30N2O. The van der Waals surface area contributed by atoms with Gasteiger partial charge in [0.05, 0.1) is 0 Å². The van der Waals surface area contributed by atoms with Gasteiger partial charge in [-0.15, -0.1) is 0 Å². The predicted octanol–water partition coefficient (Wildman–Crippen LogP) is 2.66. The summed E-state index contributed by atoms with van der Waals surface area (Å²) in [6, 6.07) is 0.514. The molecule has 1 heterocycles. The van der Waals surface area contributed by atoms with E-state index in [0.29, 0.717) is 11.9 Å². The molecule has 0 aromatic rings. The molecule has 2 rings (SSSR count). The molecule has 1 amide bonds.